The number of anilines is 4. The van der Waals surface area contributed by atoms with E-state index in [2.05, 4.69) is 12.1 Å². The molecule has 4 aliphatic heterocycles. The molecule has 4 atom stereocenters. The number of nitrogens with two attached hydrogens (primary N) is 2. The number of benzene rings is 4. The lowest BCUT2D eigenvalue weighted by Gasteiger charge is -2.36. The lowest BCUT2D eigenvalue weighted by atomic mass is 9.89. The molecule has 4 aromatic rings. The highest BCUT2D eigenvalue weighted by Crippen LogP contribution is 2.49. The maximum Gasteiger partial charge on any atom is 0.410 e. The zero-order valence-electron chi connectivity index (χ0n) is 40.9. The Kier molecular flexibility index (Phi) is 14.3. The van der Waals surface area contributed by atoms with Crippen LogP contribution in [0.5, 0.6) is 0 Å². The first-order valence-corrected chi connectivity index (χ1v) is 24.6. The molecule has 0 unspecified atom stereocenters. The first kappa shape index (κ1) is 49.2. The number of rotatable bonds is 11. The van der Waals surface area contributed by atoms with Gasteiger partial charge in [0.15, 0.2) is 23.2 Å². The number of carbonyl (C=O) groups is 4. The van der Waals surface area contributed by atoms with Crippen molar-refractivity contribution >= 4 is 46.5 Å². The average molecular weight is 947 g/mol. The van der Waals surface area contributed by atoms with Gasteiger partial charge in [0.25, 0.3) is 0 Å². The van der Waals surface area contributed by atoms with E-state index in [0.29, 0.717) is 98.8 Å². The summed E-state index contributed by atoms with van der Waals surface area (Å²) in [5.74, 6) is -1.22. The molecule has 0 radical (unpaired) electrons. The number of hydrogen-bond acceptors (Lipinski definition) is 10. The molecule has 0 spiro atoms. The van der Waals surface area contributed by atoms with Crippen molar-refractivity contribution in [1.82, 2.24) is 9.80 Å². The zero-order chi connectivity index (χ0) is 49.4. The smallest absolute Gasteiger partial charge is 0.410 e. The number of nitrogens with zero attached hydrogens (tertiary/aromatic N) is 4. The van der Waals surface area contributed by atoms with Gasteiger partial charge in [-0.05, 0) is 151 Å². The average Bonchev–Trinajstić information content (AvgIpc) is 4.08. The van der Waals surface area contributed by atoms with E-state index in [1.165, 1.54) is 27.5 Å². The number of hydrogen-bond donors (Lipinski definition) is 2. The predicted molar refractivity (Wildman–Crippen MR) is 265 cm³/mol. The Morgan fingerprint density at radius 2 is 1.03 bits per heavy atom. The topological polar surface area (TPSA) is 152 Å². The second-order valence-electron chi connectivity index (χ2n) is 21.3. The largest absolute Gasteiger partial charge is 0.444 e. The predicted octanol–water partition coefficient (Wildman–Crippen LogP) is 10.6. The quantitative estimate of drug-likeness (QED) is 0.139. The van der Waals surface area contributed by atoms with Gasteiger partial charge in [-0.25, -0.2) is 18.4 Å². The van der Waals surface area contributed by atoms with Crippen molar-refractivity contribution in [2.75, 3.05) is 47.4 Å². The van der Waals surface area contributed by atoms with Crippen LogP contribution in [-0.4, -0.2) is 83.0 Å². The van der Waals surface area contributed by atoms with Gasteiger partial charge in [-0.15, -0.1) is 0 Å². The van der Waals surface area contributed by atoms with E-state index < -0.39 is 47.1 Å². The molecule has 4 heterocycles. The van der Waals surface area contributed by atoms with Crippen molar-refractivity contribution in [2.24, 2.45) is 0 Å². The summed E-state index contributed by atoms with van der Waals surface area (Å²) in [5.41, 5.74) is 17.4. The van der Waals surface area contributed by atoms with Crippen LogP contribution in [0.4, 0.5) is 41.1 Å². The van der Waals surface area contributed by atoms with Gasteiger partial charge in [0.2, 0.25) is 0 Å². The van der Waals surface area contributed by atoms with Crippen LogP contribution in [0.15, 0.2) is 78.9 Å². The van der Waals surface area contributed by atoms with E-state index in [9.17, 15) is 19.2 Å². The van der Waals surface area contributed by atoms with E-state index in [-0.39, 0.29) is 42.2 Å². The summed E-state index contributed by atoms with van der Waals surface area (Å²) in [6.45, 7) is 12.7. The first-order valence-electron chi connectivity index (χ1n) is 24.6. The molecule has 69 heavy (non-hydrogen) atoms. The van der Waals surface area contributed by atoms with Crippen molar-refractivity contribution in [3.05, 3.63) is 118 Å². The standard InChI is InChI=1S/C55H68F2N6O6/c1-54(2,3)68-52(66)61-24-10-14-47(61)49(64)30-36-16-18-38(28-43(36)58)45-20-21-46(39-19-17-37(44(59)29-39)31-50(65)48-15-11-25-62(48)53(67)69-55(4,5)6)63(45)40-32-41(56)51(42(57)33-40)60-26-22-35(23-27-60)34-12-8-7-9-13-34/h7-9,12-13,16-19,28-29,32-33,35,45-48H,10-11,14-15,20-27,30-31,58-59H2,1-6H3/t45-,46-,47+,48+/m1/s1. The number of ketones is 2. The molecule has 0 aromatic heterocycles. The minimum Gasteiger partial charge on any atom is -0.444 e. The fourth-order valence-corrected chi connectivity index (χ4v) is 10.8. The Hall–Kier alpha value is -6.18. The highest BCUT2D eigenvalue weighted by Gasteiger charge is 2.40. The van der Waals surface area contributed by atoms with Gasteiger partial charge in [-0.1, -0.05) is 54.6 Å². The fourth-order valence-electron chi connectivity index (χ4n) is 10.8. The Morgan fingerprint density at radius 3 is 1.45 bits per heavy atom. The number of piperidine rings is 1. The fraction of sp³-hybridized carbons (Fsp3) is 0.491. The molecule has 368 valence electrons. The van der Waals surface area contributed by atoms with E-state index in [4.69, 9.17) is 20.9 Å². The van der Waals surface area contributed by atoms with Crippen LogP contribution >= 0.6 is 0 Å². The highest BCUT2D eigenvalue weighted by molar-refractivity contribution is 5.91. The van der Waals surface area contributed by atoms with Gasteiger partial charge in [0.1, 0.15) is 16.9 Å². The van der Waals surface area contributed by atoms with Gasteiger partial charge >= 0.3 is 12.2 Å². The lowest BCUT2D eigenvalue weighted by molar-refractivity contribution is -0.123. The van der Waals surface area contributed by atoms with Crippen molar-refractivity contribution < 1.29 is 37.4 Å². The Morgan fingerprint density at radius 1 is 0.580 bits per heavy atom. The first-order chi connectivity index (χ1) is 32.7. The lowest BCUT2D eigenvalue weighted by Crippen LogP contribution is -2.43. The third kappa shape index (κ3) is 11.2. The third-order valence-electron chi connectivity index (χ3n) is 14.1. The van der Waals surface area contributed by atoms with Crippen LogP contribution < -0.4 is 21.3 Å². The molecule has 0 aliphatic carbocycles. The second-order valence-corrected chi connectivity index (χ2v) is 21.3. The van der Waals surface area contributed by atoms with Gasteiger partial charge < -0.3 is 30.7 Å². The van der Waals surface area contributed by atoms with Gasteiger partial charge in [-0.3, -0.25) is 19.4 Å². The molecule has 4 N–H and O–H groups in total. The highest BCUT2D eigenvalue weighted by atomic mass is 19.1. The third-order valence-corrected chi connectivity index (χ3v) is 14.1. The minimum atomic E-state index is -0.694. The summed E-state index contributed by atoms with van der Waals surface area (Å²) < 4.78 is 44.4. The van der Waals surface area contributed by atoms with E-state index in [1.807, 2.05) is 64.4 Å². The molecule has 12 nitrogen and oxygen atoms in total. The molecule has 4 aliphatic rings. The van der Waals surface area contributed by atoms with Gasteiger partial charge in [-0.2, -0.15) is 0 Å². The monoisotopic (exact) mass is 947 g/mol. The van der Waals surface area contributed by atoms with Gasteiger partial charge in [0.05, 0.1) is 24.2 Å². The Labute approximate surface area is 405 Å². The number of Topliss-reactive ketones (excluding diaryl/α,β-unsaturated/α-hetero) is 2. The summed E-state index contributed by atoms with van der Waals surface area (Å²) in [5, 5.41) is 0. The number of ether oxygens (including phenoxy) is 2. The summed E-state index contributed by atoms with van der Waals surface area (Å²) >= 11 is 0. The van der Waals surface area contributed by atoms with Crippen LogP contribution in [0, 0.1) is 11.6 Å². The number of halogens is 2. The second kappa shape index (κ2) is 20.0. The van der Waals surface area contributed by atoms with Crippen LogP contribution in [0.25, 0.3) is 0 Å². The zero-order valence-corrected chi connectivity index (χ0v) is 40.9. The molecule has 4 aromatic carbocycles. The molecular weight excluding hydrogens is 879 g/mol. The van der Waals surface area contributed by atoms with Crippen molar-refractivity contribution in [1.29, 1.82) is 0 Å². The Bertz CT molecular complexity index is 2410. The van der Waals surface area contributed by atoms with E-state index >= 15 is 8.78 Å². The van der Waals surface area contributed by atoms with Crippen LogP contribution in [0.2, 0.25) is 0 Å². The van der Waals surface area contributed by atoms with Crippen LogP contribution in [0.3, 0.4) is 0 Å². The molecule has 0 saturated carbocycles. The summed E-state index contributed by atoms with van der Waals surface area (Å²) in [4.78, 5) is 60.3. The maximum atomic E-state index is 16.6. The molecule has 4 fully saturated rings. The number of nitrogen functional groups attached to an aromatic ring is 2. The minimum absolute atomic E-state index is 0.0292. The van der Waals surface area contributed by atoms with Gasteiger partial charge in [0, 0.05) is 56.1 Å². The molecule has 2 amide bonds. The summed E-state index contributed by atoms with van der Waals surface area (Å²) in [6, 6.07) is 22.3. The number of likely N-dealkylation sites (tertiary alicyclic amines) is 2. The molecular formula is C55H68F2N6O6. The number of amides is 2. The molecule has 4 saturated heterocycles. The molecule has 14 heteroatoms. The van der Waals surface area contributed by atoms with Crippen molar-refractivity contribution in [2.45, 2.75) is 147 Å². The van der Waals surface area contributed by atoms with Crippen LogP contribution in [-0.2, 0) is 31.9 Å². The van der Waals surface area contributed by atoms with Crippen molar-refractivity contribution in [3.63, 3.8) is 0 Å². The number of carbonyl (C=O) groups excluding carboxylic acids is 4. The summed E-state index contributed by atoms with van der Waals surface area (Å²) in [7, 11) is 0. The maximum absolute atomic E-state index is 16.6. The molecule has 8 rings (SSSR count). The van der Waals surface area contributed by atoms with E-state index in [1.54, 1.807) is 41.5 Å². The summed E-state index contributed by atoms with van der Waals surface area (Å²) in [6.07, 6.45) is 4.28. The van der Waals surface area contributed by atoms with Crippen molar-refractivity contribution in [3.8, 4) is 0 Å². The normalized spacial score (nSPS) is 21.2. The molecule has 0 bridgehead atoms. The SMILES string of the molecule is CC(C)(C)OC(=O)N1CCC[C@H]1C(=O)Cc1ccc([C@H]2CC[C@H](c3ccc(CC(=O)[C@@H]4CCCN4C(=O)OC(C)(C)C)c(N)c3)N2c2cc(F)c(N3CCC(c4ccccc4)CC3)c(F)c2)cc1N. The Balaban J connectivity index is 1.05. The van der Waals surface area contributed by atoms with Crippen LogP contribution in [0.1, 0.15) is 139 Å². The van der Waals surface area contributed by atoms with E-state index in [0.717, 1.165) is 24.0 Å².